The summed E-state index contributed by atoms with van der Waals surface area (Å²) in [6.45, 7) is 0. The van der Waals surface area contributed by atoms with E-state index in [1.807, 2.05) is 36.5 Å². The maximum atomic E-state index is 5.76. The second-order valence-corrected chi connectivity index (χ2v) is 5.37. The molecule has 3 aromatic rings. The largest absolute Gasteiger partial charge is 0.271 e. The molecule has 0 saturated heterocycles. The summed E-state index contributed by atoms with van der Waals surface area (Å²) in [7, 11) is 0. The molecule has 0 amide bonds. The van der Waals surface area contributed by atoms with Gasteiger partial charge in [0.25, 0.3) is 0 Å². The molecular weight excluding hydrogens is 316 g/mol. The van der Waals surface area contributed by atoms with Crippen LogP contribution in [0.3, 0.4) is 0 Å². The summed E-state index contributed by atoms with van der Waals surface area (Å²) in [6.07, 6.45) is 5.35. The van der Waals surface area contributed by atoms with Crippen LogP contribution in [0.25, 0.3) is 10.9 Å². The molecular formula is C15H13BrN4. The fraction of sp³-hybridized carbons (Fsp3) is 0.0667. The zero-order valence-electron chi connectivity index (χ0n) is 10.6. The summed E-state index contributed by atoms with van der Waals surface area (Å²) in [6, 6.07) is 11.9. The molecule has 2 aromatic heterocycles. The molecule has 0 fully saturated rings. The predicted molar refractivity (Wildman–Crippen MR) is 82.8 cm³/mol. The van der Waals surface area contributed by atoms with E-state index in [4.69, 9.17) is 5.84 Å². The number of nitrogens with one attached hydrogen (secondary N) is 1. The van der Waals surface area contributed by atoms with Gasteiger partial charge in [-0.3, -0.25) is 15.8 Å². The summed E-state index contributed by atoms with van der Waals surface area (Å²) >= 11 is 3.44. The minimum absolute atomic E-state index is 0.132. The van der Waals surface area contributed by atoms with Gasteiger partial charge < -0.3 is 0 Å². The molecule has 1 atom stereocenters. The van der Waals surface area contributed by atoms with Crippen molar-refractivity contribution in [2.45, 2.75) is 6.04 Å². The molecule has 3 rings (SSSR count). The van der Waals surface area contributed by atoms with Crippen molar-refractivity contribution in [1.29, 1.82) is 0 Å². The molecule has 0 saturated carbocycles. The number of nitrogens with two attached hydrogens (primary N) is 1. The first-order chi connectivity index (χ1) is 9.79. The minimum Gasteiger partial charge on any atom is -0.271 e. The van der Waals surface area contributed by atoms with Gasteiger partial charge in [-0.2, -0.15) is 0 Å². The van der Waals surface area contributed by atoms with Crippen LogP contribution in [0.2, 0.25) is 0 Å². The van der Waals surface area contributed by atoms with E-state index < -0.39 is 0 Å². The summed E-state index contributed by atoms with van der Waals surface area (Å²) in [5.74, 6) is 5.76. The Morgan fingerprint density at radius 1 is 1.15 bits per heavy atom. The Morgan fingerprint density at radius 2 is 2.05 bits per heavy atom. The van der Waals surface area contributed by atoms with Crippen molar-refractivity contribution in [3.8, 4) is 0 Å². The van der Waals surface area contributed by atoms with Crippen LogP contribution in [0.5, 0.6) is 0 Å². The maximum absolute atomic E-state index is 5.76. The molecule has 20 heavy (non-hydrogen) atoms. The fourth-order valence-electron chi connectivity index (χ4n) is 2.33. The second kappa shape index (κ2) is 5.66. The molecule has 100 valence electrons. The molecule has 0 aliphatic carbocycles. The number of aromatic nitrogens is 2. The van der Waals surface area contributed by atoms with E-state index in [9.17, 15) is 0 Å². The highest BCUT2D eigenvalue weighted by atomic mass is 79.9. The first kappa shape index (κ1) is 13.2. The lowest BCUT2D eigenvalue weighted by Crippen LogP contribution is -2.29. The first-order valence-electron chi connectivity index (χ1n) is 6.20. The third kappa shape index (κ3) is 2.43. The van der Waals surface area contributed by atoms with Gasteiger partial charge in [0.05, 0.1) is 11.6 Å². The summed E-state index contributed by atoms with van der Waals surface area (Å²) in [5, 5.41) is 1.08. The van der Waals surface area contributed by atoms with Gasteiger partial charge in [-0.15, -0.1) is 0 Å². The molecule has 1 unspecified atom stereocenters. The maximum Gasteiger partial charge on any atom is 0.0731 e. The van der Waals surface area contributed by atoms with Crippen molar-refractivity contribution in [2.24, 2.45) is 5.84 Å². The zero-order chi connectivity index (χ0) is 13.9. The number of halogens is 1. The Morgan fingerprint density at radius 3 is 2.85 bits per heavy atom. The number of rotatable bonds is 3. The molecule has 0 bridgehead atoms. The van der Waals surface area contributed by atoms with Crippen LogP contribution < -0.4 is 11.3 Å². The van der Waals surface area contributed by atoms with Crippen molar-refractivity contribution in [2.75, 3.05) is 0 Å². The van der Waals surface area contributed by atoms with Crippen LogP contribution in [0.1, 0.15) is 17.2 Å². The Labute approximate surface area is 125 Å². The van der Waals surface area contributed by atoms with Gasteiger partial charge in [-0.1, -0.05) is 18.2 Å². The summed E-state index contributed by atoms with van der Waals surface area (Å²) in [4.78, 5) is 8.58. The van der Waals surface area contributed by atoms with E-state index in [-0.39, 0.29) is 6.04 Å². The number of fused-ring (bicyclic) bond motifs is 1. The Hall–Kier alpha value is -1.82. The molecule has 3 N–H and O–H groups in total. The number of pyridine rings is 2. The van der Waals surface area contributed by atoms with Crippen LogP contribution in [0.15, 0.2) is 59.5 Å². The quantitative estimate of drug-likeness (QED) is 0.573. The highest BCUT2D eigenvalue weighted by Gasteiger charge is 2.15. The molecule has 0 aliphatic rings. The van der Waals surface area contributed by atoms with E-state index in [0.29, 0.717) is 0 Å². The van der Waals surface area contributed by atoms with E-state index >= 15 is 0 Å². The number of benzene rings is 1. The fourth-order valence-corrected chi connectivity index (χ4v) is 2.71. The van der Waals surface area contributed by atoms with Gasteiger partial charge in [0.15, 0.2) is 0 Å². The standard InChI is InChI=1S/C15H13BrN4/c16-11-7-10(8-18-9-11)15(20-17)13-3-1-5-14-12(13)4-2-6-19-14/h1-9,15,20H,17H2. The van der Waals surface area contributed by atoms with Crippen LogP contribution >= 0.6 is 15.9 Å². The highest BCUT2D eigenvalue weighted by molar-refractivity contribution is 9.10. The summed E-state index contributed by atoms with van der Waals surface area (Å²) in [5.41, 5.74) is 5.90. The van der Waals surface area contributed by atoms with Crippen LogP contribution in [-0.4, -0.2) is 9.97 Å². The van der Waals surface area contributed by atoms with E-state index in [1.165, 1.54) is 0 Å². The average Bonchev–Trinajstić information content (AvgIpc) is 2.48. The van der Waals surface area contributed by atoms with Gasteiger partial charge in [0.1, 0.15) is 0 Å². The monoisotopic (exact) mass is 328 g/mol. The lowest BCUT2D eigenvalue weighted by atomic mass is 9.97. The summed E-state index contributed by atoms with van der Waals surface area (Å²) < 4.78 is 0.925. The predicted octanol–water partition coefficient (Wildman–Crippen LogP) is 2.95. The topological polar surface area (TPSA) is 63.8 Å². The molecule has 1 aromatic carbocycles. The first-order valence-corrected chi connectivity index (χ1v) is 6.99. The van der Waals surface area contributed by atoms with Gasteiger partial charge >= 0.3 is 0 Å². The van der Waals surface area contributed by atoms with E-state index in [1.54, 1.807) is 12.4 Å². The molecule has 2 heterocycles. The van der Waals surface area contributed by atoms with Crippen LogP contribution in [0, 0.1) is 0 Å². The highest BCUT2D eigenvalue weighted by Crippen LogP contribution is 2.28. The lowest BCUT2D eigenvalue weighted by Gasteiger charge is -2.18. The van der Waals surface area contributed by atoms with Gasteiger partial charge in [-0.25, -0.2) is 5.43 Å². The Balaban J connectivity index is 2.17. The molecule has 4 nitrogen and oxygen atoms in total. The lowest BCUT2D eigenvalue weighted by molar-refractivity contribution is 0.638. The van der Waals surface area contributed by atoms with Crippen molar-refractivity contribution in [1.82, 2.24) is 15.4 Å². The molecule has 0 spiro atoms. The van der Waals surface area contributed by atoms with Crippen molar-refractivity contribution in [3.05, 3.63) is 70.6 Å². The third-order valence-corrected chi connectivity index (χ3v) is 3.65. The molecule has 5 heteroatoms. The number of nitrogens with zero attached hydrogens (tertiary/aromatic N) is 2. The van der Waals surface area contributed by atoms with E-state index in [0.717, 1.165) is 26.5 Å². The van der Waals surface area contributed by atoms with Gasteiger partial charge in [0.2, 0.25) is 0 Å². The Kier molecular flexibility index (Phi) is 3.73. The van der Waals surface area contributed by atoms with Crippen LogP contribution in [-0.2, 0) is 0 Å². The van der Waals surface area contributed by atoms with Crippen LogP contribution in [0.4, 0.5) is 0 Å². The zero-order valence-corrected chi connectivity index (χ0v) is 12.2. The van der Waals surface area contributed by atoms with E-state index in [2.05, 4.69) is 37.4 Å². The molecule has 0 radical (unpaired) electrons. The number of hydrogen-bond donors (Lipinski definition) is 2. The van der Waals surface area contributed by atoms with Gasteiger partial charge in [0, 0.05) is 28.4 Å². The normalized spacial score (nSPS) is 12.5. The SMILES string of the molecule is NNC(c1cncc(Br)c1)c1cccc2ncccc12. The Bertz CT molecular complexity index is 739. The second-order valence-electron chi connectivity index (χ2n) is 4.45. The van der Waals surface area contributed by atoms with Crippen molar-refractivity contribution < 1.29 is 0 Å². The number of hydrazine groups is 1. The third-order valence-electron chi connectivity index (χ3n) is 3.22. The van der Waals surface area contributed by atoms with Crippen molar-refractivity contribution in [3.63, 3.8) is 0 Å². The minimum atomic E-state index is -0.132. The molecule has 0 aliphatic heterocycles. The smallest absolute Gasteiger partial charge is 0.0731 e. The number of hydrogen-bond acceptors (Lipinski definition) is 4. The van der Waals surface area contributed by atoms with Crippen molar-refractivity contribution >= 4 is 26.8 Å². The average molecular weight is 329 g/mol. The van der Waals surface area contributed by atoms with Gasteiger partial charge in [-0.05, 0) is 45.3 Å².